The number of thiazole rings is 1. The van der Waals surface area contributed by atoms with Crippen LogP contribution in [0, 0.1) is 11.8 Å². The highest BCUT2D eigenvalue weighted by atomic mass is 32.1. The molecule has 2 aliphatic rings. The van der Waals surface area contributed by atoms with Crippen molar-refractivity contribution in [3.8, 4) is 0 Å². The normalized spacial score (nSPS) is 24.1. The Labute approximate surface area is 153 Å². The van der Waals surface area contributed by atoms with Gasteiger partial charge in [-0.05, 0) is 51.6 Å². The van der Waals surface area contributed by atoms with Crippen LogP contribution in [0.3, 0.4) is 0 Å². The molecule has 6 nitrogen and oxygen atoms in total. The Morgan fingerprint density at radius 3 is 2.68 bits per heavy atom. The lowest BCUT2D eigenvalue weighted by molar-refractivity contribution is -0.139. The third-order valence-electron chi connectivity index (χ3n) is 5.44. The molecule has 0 saturated carbocycles. The molecule has 25 heavy (non-hydrogen) atoms. The molecule has 0 unspecified atom stereocenters. The van der Waals surface area contributed by atoms with E-state index >= 15 is 0 Å². The molecule has 2 fully saturated rings. The smallest absolute Gasteiger partial charge is 0.243 e. The number of likely N-dealkylation sites (tertiary alicyclic amines) is 2. The van der Waals surface area contributed by atoms with Gasteiger partial charge in [-0.25, -0.2) is 4.98 Å². The molecule has 7 heteroatoms. The Bertz CT molecular complexity index is 584. The van der Waals surface area contributed by atoms with Crippen molar-refractivity contribution in [2.24, 2.45) is 11.8 Å². The van der Waals surface area contributed by atoms with E-state index < -0.39 is 0 Å². The third kappa shape index (κ3) is 4.58. The van der Waals surface area contributed by atoms with Gasteiger partial charge < -0.3 is 10.2 Å². The fraction of sp³-hybridized carbons (Fsp3) is 0.722. The lowest BCUT2D eigenvalue weighted by atomic mass is 9.92. The average molecular weight is 365 g/mol. The number of rotatable bonds is 4. The van der Waals surface area contributed by atoms with Gasteiger partial charge in [-0.15, -0.1) is 11.3 Å². The number of anilines is 1. The van der Waals surface area contributed by atoms with Crippen LogP contribution in [0.5, 0.6) is 0 Å². The molecule has 1 N–H and O–H groups in total. The van der Waals surface area contributed by atoms with E-state index in [-0.39, 0.29) is 17.9 Å². The lowest BCUT2D eigenvalue weighted by Crippen LogP contribution is -2.49. The molecule has 0 aliphatic carbocycles. The number of aromatic nitrogens is 1. The molecule has 0 aromatic carbocycles. The zero-order chi connectivity index (χ0) is 17.8. The van der Waals surface area contributed by atoms with Crippen molar-refractivity contribution in [1.82, 2.24) is 14.8 Å². The number of nitrogens with zero attached hydrogens (tertiary/aromatic N) is 3. The van der Waals surface area contributed by atoms with Crippen LogP contribution >= 0.6 is 11.3 Å². The second kappa shape index (κ2) is 8.27. The van der Waals surface area contributed by atoms with Gasteiger partial charge in [0.05, 0.1) is 6.04 Å². The summed E-state index contributed by atoms with van der Waals surface area (Å²) >= 11 is 1.42. The van der Waals surface area contributed by atoms with Gasteiger partial charge in [0.15, 0.2) is 5.13 Å². The van der Waals surface area contributed by atoms with Gasteiger partial charge in [0, 0.05) is 30.6 Å². The first-order valence-corrected chi connectivity index (χ1v) is 10.2. The summed E-state index contributed by atoms with van der Waals surface area (Å²) in [5.41, 5.74) is 0. The summed E-state index contributed by atoms with van der Waals surface area (Å²) in [5.74, 6) is 1.04. The summed E-state index contributed by atoms with van der Waals surface area (Å²) in [7, 11) is 0. The van der Waals surface area contributed by atoms with Gasteiger partial charge in [-0.3, -0.25) is 14.5 Å². The van der Waals surface area contributed by atoms with E-state index in [0.29, 0.717) is 17.0 Å². The van der Waals surface area contributed by atoms with Crippen molar-refractivity contribution in [2.45, 2.75) is 45.6 Å². The second-order valence-electron chi connectivity index (χ2n) is 7.34. The summed E-state index contributed by atoms with van der Waals surface area (Å²) < 4.78 is 0. The molecule has 1 aromatic heterocycles. The number of nitrogens with one attached hydrogen (secondary N) is 1. The molecule has 2 saturated heterocycles. The SMILES string of the molecule is C[C@H]1CCCN(C(=O)C2CCN([C@@H](C)C(=O)Nc3nccs3)CC2)C1. The van der Waals surface area contributed by atoms with E-state index in [1.807, 2.05) is 12.3 Å². The standard InChI is InChI=1S/C18H28N4O2S/c1-13-4-3-8-22(12-13)17(24)15-5-9-21(10-6-15)14(2)16(23)20-18-19-7-11-25-18/h7,11,13-15H,3-6,8-10,12H2,1-2H3,(H,19,20,23)/t13-,14-/m0/s1. The molecule has 2 amide bonds. The van der Waals surface area contributed by atoms with Crippen LogP contribution in [-0.4, -0.2) is 58.8 Å². The minimum Gasteiger partial charge on any atom is -0.342 e. The van der Waals surface area contributed by atoms with Gasteiger partial charge >= 0.3 is 0 Å². The third-order valence-corrected chi connectivity index (χ3v) is 6.13. The maximum atomic E-state index is 12.7. The molecular weight excluding hydrogens is 336 g/mol. The predicted molar refractivity (Wildman–Crippen MR) is 99.5 cm³/mol. The molecule has 1 aromatic rings. The van der Waals surface area contributed by atoms with Crippen molar-refractivity contribution in [3.05, 3.63) is 11.6 Å². The Balaban J connectivity index is 1.47. The summed E-state index contributed by atoms with van der Waals surface area (Å²) in [5, 5.41) is 5.35. The molecule has 2 aliphatic heterocycles. The molecule has 3 rings (SSSR count). The van der Waals surface area contributed by atoms with Gasteiger partial charge in [0.1, 0.15) is 0 Å². The van der Waals surface area contributed by atoms with Crippen LogP contribution in [0.4, 0.5) is 5.13 Å². The Hall–Kier alpha value is -1.47. The van der Waals surface area contributed by atoms with Crippen LogP contribution in [-0.2, 0) is 9.59 Å². The first-order chi connectivity index (χ1) is 12.0. The Morgan fingerprint density at radius 1 is 1.28 bits per heavy atom. The van der Waals surface area contributed by atoms with E-state index in [2.05, 4.69) is 27.0 Å². The fourth-order valence-corrected chi connectivity index (χ4v) is 4.37. The molecule has 138 valence electrons. The molecule has 0 spiro atoms. The van der Waals surface area contributed by atoms with E-state index in [1.165, 1.54) is 17.8 Å². The topological polar surface area (TPSA) is 65.5 Å². The van der Waals surface area contributed by atoms with E-state index in [0.717, 1.165) is 45.4 Å². The molecule has 2 atom stereocenters. The zero-order valence-electron chi connectivity index (χ0n) is 15.1. The lowest BCUT2D eigenvalue weighted by Gasteiger charge is -2.38. The van der Waals surface area contributed by atoms with Gasteiger partial charge in [-0.2, -0.15) is 0 Å². The molecule has 3 heterocycles. The predicted octanol–water partition coefficient (Wildman–Crippen LogP) is 2.44. The van der Waals surface area contributed by atoms with Gasteiger partial charge in [-0.1, -0.05) is 6.92 Å². The highest BCUT2D eigenvalue weighted by Gasteiger charge is 2.33. The van der Waals surface area contributed by atoms with Gasteiger partial charge in [0.25, 0.3) is 0 Å². The van der Waals surface area contributed by atoms with E-state index in [1.54, 1.807) is 6.20 Å². The fourth-order valence-electron chi connectivity index (χ4n) is 3.84. The first kappa shape index (κ1) is 18.3. The zero-order valence-corrected chi connectivity index (χ0v) is 15.9. The van der Waals surface area contributed by atoms with Crippen LogP contribution in [0.1, 0.15) is 39.5 Å². The quantitative estimate of drug-likeness (QED) is 0.891. The number of carbonyl (C=O) groups is 2. The van der Waals surface area contributed by atoms with E-state index in [4.69, 9.17) is 0 Å². The summed E-state index contributed by atoms with van der Waals surface area (Å²) in [6.45, 7) is 7.57. The number of piperidine rings is 2. The van der Waals surface area contributed by atoms with Crippen molar-refractivity contribution >= 4 is 28.3 Å². The minimum atomic E-state index is -0.199. The Kier molecular flexibility index (Phi) is 6.06. The number of hydrogen-bond donors (Lipinski definition) is 1. The summed E-state index contributed by atoms with van der Waals surface area (Å²) in [6.07, 6.45) is 5.73. The minimum absolute atomic E-state index is 0.0235. The van der Waals surface area contributed by atoms with Crippen molar-refractivity contribution in [3.63, 3.8) is 0 Å². The summed E-state index contributed by atoms with van der Waals surface area (Å²) in [6, 6.07) is -0.199. The maximum absolute atomic E-state index is 12.7. The second-order valence-corrected chi connectivity index (χ2v) is 8.24. The van der Waals surface area contributed by atoms with Gasteiger partial charge in [0.2, 0.25) is 11.8 Å². The highest BCUT2D eigenvalue weighted by Crippen LogP contribution is 2.24. The number of carbonyl (C=O) groups excluding carboxylic acids is 2. The highest BCUT2D eigenvalue weighted by molar-refractivity contribution is 7.13. The van der Waals surface area contributed by atoms with Crippen molar-refractivity contribution in [1.29, 1.82) is 0 Å². The van der Waals surface area contributed by atoms with Crippen LogP contribution in [0.25, 0.3) is 0 Å². The van der Waals surface area contributed by atoms with Crippen LogP contribution < -0.4 is 5.32 Å². The van der Waals surface area contributed by atoms with E-state index in [9.17, 15) is 9.59 Å². The number of amides is 2. The Morgan fingerprint density at radius 2 is 2.04 bits per heavy atom. The molecular formula is C18H28N4O2S. The average Bonchev–Trinajstić information content (AvgIpc) is 3.13. The van der Waals surface area contributed by atoms with Crippen LogP contribution in [0.2, 0.25) is 0 Å². The molecule has 0 radical (unpaired) electrons. The first-order valence-electron chi connectivity index (χ1n) is 9.27. The van der Waals surface area contributed by atoms with Crippen molar-refractivity contribution < 1.29 is 9.59 Å². The van der Waals surface area contributed by atoms with Crippen molar-refractivity contribution in [2.75, 3.05) is 31.5 Å². The van der Waals surface area contributed by atoms with Crippen LogP contribution in [0.15, 0.2) is 11.6 Å². The number of hydrogen-bond acceptors (Lipinski definition) is 5. The molecule has 0 bridgehead atoms. The maximum Gasteiger partial charge on any atom is 0.243 e. The summed E-state index contributed by atoms with van der Waals surface area (Å²) in [4.78, 5) is 33.4. The largest absolute Gasteiger partial charge is 0.342 e. The monoisotopic (exact) mass is 364 g/mol.